The number of nitrogens with one attached hydrogen (secondary N) is 3. The van der Waals surface area contributed by atoms with Crippen LogP contribution in [0.15, 0.2) is 18.2 Å². The standard InChI is InChI=1S/C25H39ClN4O4/c1-25(2,3)29-24(32)28-19-13-18(14-27-15-19)23(31)30(20-7-8-20)16-17-6-9-21(26)22(12-17)34-11-5-10-33-4/h6,9,12,18-20,27H,5,7-8,10-11,13-16H2,1-4H3,(H2,28,29,32). The maximum atomic E-state index is 13.5. The van der Waals surface area contributed by atoms with E-state index in [2.05, 4.69) is 16.0 Å². The SMILES string of the molecule is COCCCOc1cc(CN(C(=O)C2CNCC(NC(=O)NC(C)(C)C)C2)C2CC2)ccc1Cl. The Morgan fingerprint density at radius 1 is 1.21 bits per heavy atom. The highest BCUT2D eigenvalue weighted by Crippen LogP contribution is 2.32. The van der Waals surface area contributed by atoms with Crippen molar-refractivity contribution in [3.63, 3.8) is 0 Å². The third-order valence-corrected chi connectivity index (χ3v) is 6.21. The van der Waals surface area contributed by atoms with E-state index in [4.69, 9.17) is 21.1 Å². The van der Waals surface area contributed by atoms with E-state index in [1.54, 1.807) is 7.11 Å². The third-order valence-electron chi connectivity index (χ3n) is 5.89. The average molecular weight is 495 g/mol. The molecular weight excluding hydrogens is 456 g/mol. The number of urea groups is 1. The average Bonchev–Trinajstić information content (AvgIpc) is 3.60. The molecule has 3 rings (SSSR count). The Balaban J connectivity index is 1.61. The minimum atomic E-state index is -0.310. The smallest absolute Gasteiger partial charge is 0.315 e. The number of ether oxygens (including phenoxy) is 2. The zero-order chi connectivity index (χ0) is 24.7. The van der Waals surface area contributed by atoms with E-state index in [-0.39, 0.29) is 35.5 Å². The van der Waals surface area contributed by atoms with Crippen LogP contribution in [0.5, 0.6) is 5.75 Å². The molecule has 3 N–H and O–H groups in total. The van der Waals surface area contributed by atoms with E-state index in [1.165, 1.54) is 0 Å². The van der Waals surface area contributed by atoms with Gasteiger partial charge in [0.15, 0.2) is 0 Å². The first kappa shape index (κ1) is 26.6. The van der Waals surface area contributed by atoms with Crippen LogP contribution in [0.3, 0.4) is 0 Å². The lowest BCUT2D eigenvalue weighted by Crippen LogP contribution is -2.56. The quantitative estimate of drug-likeness (QED) is 0.434. The van der Waals surface area contributed by atoms with Crippen molar-refractivity contribution >= 4 is 23.5 Å². The van der Waals surface area contributed by atoms with Crippen LogP contribution in [-0.2, 0) is 16.1 Å². The van der Waals surface area contributed by atoms with Crippen molar-refractivity contribution in [3.8, 4) is 5.75 Å². The first-order valence-corrected chi connectivity index (χ1v) is 12.5. The Morgan fingerprint density at radius 3 is 2.65 bits per heavy atom. The Kier molecular flexibility index (Phi) is 9.45. The highest BCUT2D eigenvalue weighted by molar-refractivity contribution is 6.32. The van der Waals surface area contributed by atoms with Gasteiger partial charge in [-0.1, -0.05) is 17.7 Å². The second-order valence-electron chi connectivity index (χ2n) is 10.3. The number of nitrogens with zero attached hydrogens (tertiary/aromatic N) is 1. The topological polar surface area (TPSA) is 91.9 Å². The van der Waals surface area contributed by atoms with Crippen LogP contribution in [0, 0.1) is 5.92 Å². The van der Waals surface area contributed by atoms with E-state index in [0.29, 0.717) is 50.0 Å². The minimum Gasteiger partial charge on any atom is -0.492 e. The van der Waals surface area contributed by atoms with Crippen molar-refractivity contribution in [1.29, 1.82) is 0 Å². The van der Waals surface area contributed by atoms with Crippen LogP contribution in [0.4, 0.5) is 4.79 Å². The fraction of sp³-hybridized carbons (Fsp3) is 0.680. The Morgan fingerprint density at radius 2 is 1.97 bits per heavy atom. The highest BCUT2D eigenvalue weighted by Gasteiger charge is 2.38. The zero-order valence-electron chi connectivity index (χ0n) is 20.8. The number of carbonyl (C=O) groups excluding carboxylic acids is 2. The number of methoxy groups -OCH3 is 1. The molecule has 1 heterocycles. The van der Waals surface area contributed by atoms with Gasteiger partial charge in [-0.3, -0.25) is 4.79 Å². The van der Waals surface area contributed by atoms with Gasteiger partial charge in [0.2, 0.25) is 5.91 Å². The van der Waals surface area contributed by atoms with Gasteiger partial charge in [-0.25, -0.2) is 4.79 Å². The summed E-state index contributed by atoms with van der Waals surface area (Å²) < 4.78 is 10.9. The minimum absolute atomic E-state index is 0.0891. The summed E-state index contributed by atoms with van der Waals surface area (Å²) in [5.74, 6) is 0.591. The van der Waals surface area contributed by atoms with E-state index in [9.17, 15) is 9.59 Å². The lowest BCUT2D eigenvalue weighted by Gasteiger charge is -2.34. The fourth-order valence-electron chi connectivity index (χ4n) is 4.15. The van der Waals surface area contributed by atoms with Crippen molar-refractivity contribution in [2.75, 3.05) is 33.4 Å². The summed E-state index contributed by atoms with van der Waals surface area (Å²) >= 11 is 6.32. The van der Waals surface area contributed by atoms with Crippen molar-refractivity contribution in [2.45, 2.75) is 70.6 Å². The molecule has 8 nitrogen and oxygen atoms in total. The van der Waals surface area contributed by atoms with Crippen LogP contribution < -0.4 is 20.7 Å². The molecule has 1 aromatic rings. The van der Waals surface area contributed by atoms with E-state index in [0.717, 1.165) is 24.8 Å². The molecular formula is C25H39ClN4O4. The van der Waals surface area contributed by atoms with E-state index < -0.39 is 0 Å². The van der Waals surface area contributed by atoms with Crippen LogP contribution in [0.1, 0.15) is 52.0 Å². The second kappa shape index (κ2) is 12.1. The molecule has 2 unspecified atom stereocenters. The summed E-state index contributed by atoms with van der Waals surface area (Å²) in [6.45, 7) is 8.78. The van der Waals surface area contributed by atoms with Gasteiger partial charge < -0.3 is 30.3 Å². The molecule has 9 heteroatoms. The van der Waals surface area contributed by atoms with E-state index >= 15 is 0 Å². The highest BCUT2D eigenvalue weighted by atomic mass is 35.5. The number of amides is 3. The summed E-state index contributed by atoms with van der Waals surface area (Å²) in [6.07, 6.45) is 3.45. The Labute approximate surface area is 208 Å². The van der Waals surface area contributed by atoms with Crippen LogP contribution in [0.2, 0.25) is 5.02 Å². The molecule has 1 saturated heterocycles. The second-order valence-corrected chi connectivity index (χ2v) is 10.7. The predicted octanol–water partition coefficient (Wildman–Crippen LogP) is 3.32. The third kappa shape index (κ3) is 8.32. The number of hydrogen-bond donors (Lipinski definition) is 3. The van der Waals surface area contributed by atoms with E-state index in [1.807, 2.05) is 43.9 Å². The molecule has 0 aromatic heterocycles. The molecule has 2 aliphatic rings. The summed E-state index contributed by atoms with van der Waals surface area (Å²) in [7, 11) is 1.66. The van der Waals surface area contributed by atoms with Gasteiger partial charge >= 0.3 is 6.03 Å². The Hall–Kier alpha value is -2.03. The largest absolute Gasteiger partial charge is 0.492 e. The lowest BCUT2D eigenvalue weighted by molar-refractivity contribution is -0.137. The van der Waals surface area contributed by atoms with Gasteiger partial charge in [-0.15, -0.1) is 0 Å². The van der Waals surface area contributed by atoms with Gasteiger partial charge in [-0.05, 0) is 57.7 Å². The molecule has 2 fully saturated rings. The van der Waals surface area contributed by atoms with Gasteiger partial charge in [0.25, 0.3) is 0 Å². The van der Waals surface area contributed by atoms with Gasteiger partial charge in [0.1, 0.15) is 5.75 Å². The number of hydrogen-bond acceptors (Lipinski definition) is 5. The van der Waals surface area contributed by atoms with Gasteiger partial charge in [0.05, 0.1) is 17.5 Å². The number of carbonyl (C=O) groups is 2. The number of rotatable bonds is 10. The van der Waals surface area contributed by atoms with Crippen molar-refractivity contribution in [3.05, 3.63) is 28.8 Å². The maximum absolute atomic E-state index is 13.5. The maximum Gasteiger partial charge on any atom is 0.315 e. The lowest BCUT2D eigenvalue weighted by atomic mass is 9.94. The first-order valence-electron chi connectivity index (χ1n) is 12.2. The monoisotopic (exact) mass is 494 g/mol. The number of benzene rings is 1. The summed E-state index contributed by atoms with van der Waals surface area (Å²) in [4.78, 5) is 27.8. The fourth-order valence-corrected chi connectivity index (χ4v) is 4.32. The normalized spacial score (nSPS) is 20.5. The van der Waals surface area contributed by atoms with Crippen LogP contribution >= 0.6 is 11.6 Å². The van der Waals surface area contributed by atoms with Gasteiger partial charge in [0, 0.05) is 57.4 Å². The zero-order valence-corrected chi connectivity index (χ0v) is 21.5. The number of halogens is 1. The first-order chi connectivity index (χ1) is 16.2. The molecule has 1 aromatic carbocycles. The molecule has 0 spiro atoms. The van der Waals surface area contributed by atoms with Crippen molar-refractivity contribution in [1.82, 2.24) is 20.9 Å². The van der Waals surface area contributed by atoms with Crippen LogP contribution in [0.25, 0.3) is 0 Å². The molecule has 0 radical (unpaired) electrons. The number of piperidine rings is 1. The predicted molar refractivity (Wildman–Crippen MR) is 133 cm³/mol. The summed E-state index contributed by atoms with van der Waals surface area (Å²) in [5, 5.41) is 9.82. The summed E-state index contributed by atoms with van der Waals surface area (Å²) in [6, 6.07) is 5.69. The van der Waals surface area contributed by atoms with Gasteiger partial charge in [-0.2, -0.15) is 0 Å². The molecule has 2 atom stereocenters. The van der Waals surface area contributed by atoms with Crippen LogP contribution in [-0.4, -0.2) is 67.9 Å². The molecule has 1 saturated carbocycles. The van der Waals surface area contributed by atoms with Crippen molar-refractivity contribution in [2.24, 2.45) is 5.92 Å². The molecule has 1 aliphatic carbocycles. The molecule has 0 bridgehead atoms. The molecule has 190 valence electrons. The Bertz CT molecular complexity index is 841. The van der Waals surface area contributed by atoms with Crippen molar-refractivity contribution < 1.29 is 19.1 Å². The molecule has 3 amide bonds. The molecule has 34 heavy (non-hydrogen) atoms. The molecule has 1 aliphatic heterocycles. The summed E-state index contributed by atoms with van der Waals surface area (Å²) in [5.41, 5.74) is 0.684.